The summed E-state index contributed by atoms with van der Waals surface area (Å²) >= 11 is 0. The third-order valence-electron chi connectivity index (χ3n) is 3.43. The van der Waals surface area contributed by atoms with Crippen LogP contribution in [0, 0.1) is 11.8 Å². The number of aliphatic hydroxyl groups excluding tert-OH is 1. The van der Waals surface area contributed by atoms with Crippen LogP contribution in [0.25, 0.3) is 0 Å². The van der Waals surface area contributed by atoms with Crippen molar-refractivity contribution >= 4 is 5.91 Å². The summed E-state index contributed by atoms with van der Waals surface area (Å²) in [6.45, 7) is 2.34. The summed E-state index contributed by atoms with van der Waals surface area (Å²) in [6, 6.07) is 9.50. The number of rotatable bonds is 6. The topological polar surface area (TPSA) is 58.6 Å². The number of hydrogen-bond donors (Lipinski definition) is 2. The van der Waals surface area contributed by atoms with E-state index < -0.39 is 0 Å². The average molecular weight is 275 g/mol. The van der Waals surface area contributed by atoms with Crippen molar-refractivity contribution in [1.29, 1.82) is 0 Å². The van der Waals surface area contributed by atoms with Crippen molar-refractivity contribution in [1.82, 2.24) is 5.32 Å². The second-order valence-corrected chi connectivity index (χ2v) is 5.20. The smallest absolute Gasteiger partial charge is 0.226 e. The molecule has 3 atom stereocenters. The van der Waals surface area contributed by atoms with E-state index >= 15 is 0 Å². The van der Waals surface area contributed by atoms with Crippen molar-refractivity contribution < 1.29 is 14.6 Å². The molecule has 1 aromatic rings. The monoisotopic (exact) mass is 275 g/mol. The molecule has 0 aromatic heterocycles. The van der Waals surface area contributed by atoms with E-state index in [9.17, 15) is 4.79 Å². The quantitative estimate of drug-likeness (QED) is 0.778. The van der Waals surface area contributed by atoms with Crippen LogP contribution < -0.4 is 10.1 Å². The molecular weight excluding hydrogens is 254 g/mol. The van der Waals surface area contributed by atoms with Gasteiger partial charge in [-0.15, -0.1) is 0 Å². The van der Waals surface area contributed by atoms with Gasteiger partial charge in [0.2, 0.25) is 5.91 Å². The molecule has 0 aliphatic heterocycles. The lowest BCUT2D eigenvalue weighted by Crippen LogP contribution is -2.38. The maximum Gasteiger partial charge on any atom is 0.226 e. The first-order valence-corrected chi connectivity index (χ1v) is 6.96. The normalized spacial score (nSPS) is 22.5. The van der Waals surface area contributed by atoms with E-state index in [-0.39, 0.29) is 30.4 Å². The molecule has 1 aliphatic carbocycles. The van der Waals surface area contributed by atoms with Crippen molar-refractivity contribution in [3.63, 3.8) is 0 Å². The lowest BCUT2D eigenvalue weighted by molar-refractivity contribution is -0.125. The largest absolute Gasteiger partial charge is 0.493 e. The fourth-order valence-corrected chi connectivity index (χ4v) is 2.16. The van der Waals surface area contributed by atoms with Crippen molar-refractivity contribution in [2.75, 3.05) is 13.2 Å². The summed E-state index contributed by atoms with van der Waals surface area (Å²) in [5, 5.41) is 12.0. The minimum Gasteiger partial charge on any atom is -0.493 e. The molecule has 0 radical (unpaired) electrons. The Morgan fingerprint density at radius 2 is 2.15 bits per heavy atom. The lowest BCUT2D eigenvalue weighted by atomic mass is 10.1. The highest BCUT2D eigenvalue weighted by molar-refractivity contribution is 5.79. The van der Waals surface area contributed by atoms with E-state index in [1.54, 1.807) is 0 Å². The van der Waals surface area contributed by atoms with Gasteiger partial charge in [-0.25, -0.2) is 0 Å². The summed E-state index contributed by atoms with van der Waals surface area (Å²) in [5.41, 5.74) is 0. The van der Waals surface area contributed by atoms with E-state index in [2.05, 4.69) is 5.32 Å². The average Bonchev–Trinajstić information content (AvgIpc) is 2.93. The first kappa shape index (κ1) is 14.6. The van der Waals surface area contributed by atoms with Crippen LogP contribution in [0.5, 0.6) is 5.75 Å². The van der Waals surface area contributed by atoms with Gasteiger partial charge in [-0.1, -0.05) is 37.3 Å². The highest BCUT2D eigenvalue weighted by atomic mass is 16.5. The van der Waals surface area contributed by atoms with Gasteiger partial charge < -0.3 is 15.2 Å². The second-order valence-electron chi connectivity index (χ2n) is 5.20. The number of ether oxygens (including phenoxy) is 1. The van der Waals surface area contributed by atoms with Crippen LogP contribution in [0.2, 0.25) is 0 Å². The van der Waals surface area contributed by atoms with Gasteiger partial charge >= 0.3 is 0 Å². The van der Waals surface area contributed by atoms with Crippen molar-refractivity contribution in [2.24, 2.45) is 11.8 Å². The van der Waals surface area contributed by atoms with Crippen LogP contribution >= 0.6 is 0 Å². The number of carbonyl (C=O) groups is 1. The van der Waals surface area contributed by atoms with E-state index in [1.165, 1.54) is 0 Å². The zero-order valence-electron chi connectivity index (χ0n) is 11.7. The Hall–Kier alpha value is -1.81. The van der Waals surface area contributed by atoms with E-state index in [4.69, 9.17) is 9.84 Å². The SMILES string of the molecule is CC(COc1ccccc1)C(=O)N[C@@H]1C=C[C@H](CO)C1. The number of carbonyl (C=O) groups excluding carboxylic acids is 1. The Balaban J connectivity index is 1.74. The van der Waals surface area contributed by atoms with Gasteiger partial charge in [-0.2, -0.15) is 0 Å². The van der Waals surface area contributed by atoms with Crippen molar-refractivity contribution in [3.8, 4) is 5.75 Å². The number of aliphatic hydroxyl groups is 1. The Morgan fingerprint density at radius 3 is 2.80 bits per heavy atom. The molecule has 1 aliphatic rings. The van der Waals surface area contributed by atoms with Crippen molar-refractivity contribution in [2.45, 2.75) is 19.4 Å². The van der Waals surface area contributed by atoms with Gasteiger partial charge in [0.05, 0.1) is 12.5 Å². The van der Waals surface area contributed by atoms with Gasteiger partial charge in [0.1, 0.15) is 5.75 Å². The Labute approximate surface area is 119 Å². The minimum absolute atomic E-state index is 0.0193. The van der Waals surface area contributed by atoms with Gasteiger partial charge in [0.15, 0.2) is 0 Å². The summed E-state index contributed by atoms with van der Waals surface area (Å²) in [6.07, 6.45) is 4.67. The Bertz CT molecular complexity index is 458. The maximum absolute atomic E-state index is 12.0. The third kappa shape index (κ3) is 4.10. The fraction of sp³-hybridized carbons (Fsp3) is 0.438. The molecule has 4 nitrogen and oxygen atoms in total. The fourth-order valence-electron chi connectivity index (χ4n) is 2.16. The summed E-state index contributed by atoms with van der Waals surface area (Å²) in [4.78, 5) is 12.0. The van der Waals surface area contributed by atoms with Gasteiger partial charge in [0, 0.05) is 18.6 Å². The van der Waals surface area contributed by atoms with Crippen molar-refractivity contribution in [3.05, 3.63) is 42.5 Å². The molecule has 2 N–H and O–H groups in total. The molecule has 0 saturated heterocycles. The molecule has 1 aromatic carbocycles. The van der Waals surface area contributed by atoms with Gasteiger partial charge in [-0.05, 0) is 18.6 Å². The third-order valence-corrected chi connectivity index (χ3v) is 3.43. The minimum atomic E-state index is -0.211. The van der Waals surface area contributed by atoms with Crippen LogP contribution in [0.3, 0.4) is 0 Å². The number of para-hydroxylation sites is 1. The van der Waals surface area contributed by atoms with Crippen LogP contribution in [-0.2, 0) is 4.79 Å². The van der Waals surface area contributed by atoms with Crippen LogP contribution in [-0.4, -0.2) is 30.3 Å². The number of hydrogen-bond acceptors (Lipinski definition) is 3. The molecule has 1 amide bonds. The molecule has 108 valence electrons. The van der Waals surface area contributed by atoms with Crippen LogP contribution in [0.15, 0.2) is 42.5 Å². The molecule has 0 bridgehead atoms. The molecule has 20 heavy (non-hydrogen) atoms. The van der Waals surface area contributed by atoms with Gasteiger partial charge in [-0.3, -0.25) is 4.79 Å². The molecule has 4 heteroatoms. The first-order valence-electron chi connectivity index (χ1n) is 6.96. The predicted molar refractivity (Wildman–Crippen MR) is 77.4 cm³/mol. The lowest BCUT2D eigenvalue weighted by Gasteiger charge is -2.17. The highest BCUT2D eigenvalue weighted by Crippen LogP contribution is 2.17. The second kappa shape index (κ2) is 7.10. The molecular formula is C16H21NO3. The van der Waals surface area contributed by atoms with Crippen LogP contribution in [0.4, 0.5) is 0 Å². The molecule has 0 fully saturated rings. The summed E-state index contributed by atoms with van der Waals surface area (Å²) in [7, 11) is 0. The summed E-state index contributed by atoms with van der Waals surface area (Å²) in [5.74, 6) is 0.704. The van der Waals surface area contributed by atoms with Gasteiger partial charge in [0.25, 0.3) is 0 Å². The zero-order chi connectivity index (χ0) is 14.4. The highest BCUT2D eigenvalue weighted by Gasteiger charge is 2.22. The number of benzene rings is 1. The van der Waals surface area contributed by atoms with E-state index in [0.29, 0.717) is 6.61 Å². The number of nitrogens with one attached hydrogen (secondary N) is 1. The molecule has 0 heterocycles. The summed E-state index contributed by atoms with van der Waals surface area (Å²) < 4.78 is 5.58. The number of amides is 1. The standard InChI is InChI=1S/C16H21NO3/c1-12(11-20-15-5-3-2-4-6-15)16(19)17-14-8-7-13(9-14)10-18/h2-8,12-14,18H,9-11H2,1H3,(H,17,19)/t12?,13-,14+/m0/s1. The zero-order valence-corrected chi connectivity index (χ0v) is 11.7. The predicted octanol–water partition coefficient (Wildman–Crippen LogP) is 1.75. The van der Waals surface area contributed by atoms with Crippen LogP contribution in [0.1, 0.15) is 13.3 Å². The van der Waals surface area contributed by atoms with E-state index in [1.807, 2.05) is 49.4 Å². The van der Waals surface area contributed by atoms with E-state index in [0.717, 1.165) is 12.2 Å². The first-order chi connectivity index (χ1) is 9.69. The Kier molecular flexibility index (Phi) is 5.18. The molecule has 0 spiro atoms. The molecule has 0 saturated carbocycles. The molecule has 1 unspecified atom stereocenters. The molecule has 2 rings (SSSR count). The Morgan fingerprint density at radius 1 is 1.40 bits per heavy atom. The maximum atomic E-state index is 12.0.